The third-order valence-electron chi connectivity index (χ3n) is 3.44. The van der Waals surface area contributed by atoms with Gasteiger partial charge < -0.3 is 5.32 Å². The molecule has 1 aliphatic rings. The van der Waals surface area contributed by atoms with Crippen molar-refractivity contribution in [3.05, 3.63) is 65.0 Å². The molecule has 0 fully saturated rings. The van der Waals surface area contributed by atoms with Crippen LogP contribution in [0.2, 0.25) is 0 Å². The maximum atomic E-state index is 12.9. The van der Waals surface area contributed by atoms with Crippen molar-refractivity contribution in [2.24, 2.45) is 0 Å². The molecule has 2 aromatic rings. The maximum absolute atomic E-state index is 12.9. The van der Waals surface area contributed by atoms with Crippen molar-refractivity contribution in [3.8, 4) is 0 Å². The molecule has 0 saturated carbocycles. The van der Waals surface area contributed by atoms with E-state index in [2.05, 4.69) is 27.3 Å². The number of anilines is 1. The molecule has 0 aliphatic carbocycles. The van der Waals surface area contributed by atoms with Crippen molar-refractivity contribution in [2.75, 3.05) is 5.32 Å². The Bertz CT molecular complexity index is 654. The Morgan fingerprint density at radius 3 is 2.70 bits per heavy atom. The van der Waals surface area contributed by atoms with Gasteiger partial charge in [-0.05, 0) is 41.3 Å². The fourth-order valence-corrected chi connectivity index (χ4v) is 3.05. The van der Waals surface area contributed by atoms with E-state index in [1.807, 2.05) is 12.1 Å². The lowest BCUT2D eigenvalue weighted by Crippen LogP contribution is -2.03. The van der Waals surface area contributed by atoms with Crippen LogP contribution in [0, 0.1) is 5.82 Å². The van der Waals surface area contributed by atoms with Gasteiger partial charge in [-0.1, -0.05) is 40.2 Å². The quantitative estimate of drug-likeness (QED) is 0.845. The van der Waals surface area contributed by atoms with Crippen LogP contribution in [0.15, 0.2) is 42.5 Å². The van der Waals surface area contributed by atoms with Crippen molar-refractivity contribution in [1.29, 1.82) is 0 Å². The number of nitrogens with one attached hydrogen (secondary N) is 1. The third kappa shape index (κ3) is 2.75. The third-order valence-corrected chi connectivity index (χ3v) is 4.30. The number of halogens is 2. The summed E-state index contributed by atoms with van der Waals surface area (Å²) in [6, 6.07) is 12.5. The van der Waals surface area contributed by atoms with Crippen molar-refractivity contribution in [2.45, 2.75) is 17.7 Å². The van der Waals surface area contributed by atoms with Gasteiger partial charge in [0, 0.05) is 10.5 Å². The highest BCUT2D eigenvalue weighted by molar-refractivity contribution is 9.09. The first-order chi connectivity index (χ1) is 9.61. The molecule has 1 atom stereocenters. The molecule has 0 aromatic heterocycles. The summed E-state index contributed by atoms with van der Waals surface area (Å²) in [5, 5.41) is 2.82. The number of benzene rings is 2. The summed E-state index contributed by atoms with van der Waals surface area (Å²) in [7, 11) is 0. The number of fused-ring (bicyclic) bond motifs is 1. The minimum absolute atomic E-state index is 0.0433. The van der Waals surface area contributed by atoms with E-state index in [0.717, 1.165) is 28.8 Å². The molecule has 1 heterocycles. The summed E-state index contributed by atoms with van der Waals surface area (Å²) in [4.78, 5) is 11.5. The molecular weight excluding hydrogens is 321 g/mol. The lowest BCUT2D eigenvalue weighted by molar-refractivity contribution is -0.115. The number of carbonyl (C=O) groups excluding carboxylic acids is 1. The highest BCUT2D eigenvalue weighted by Gasteiger charge is 2.19. The second kappa shape index (κ2) is 5.37. The van der Waals surface area contributed by atoms with Crippen LogP contribution in [0.1, 0.15) is 21.5 Å². The van der Waals surface area contributed by atoms with E-state index in [4.69, 9.17) is 0 Å². The Balaban J connectivity index is 1.77. The second-order valence-electron chi connectivity index (χ2n) is 4.94. The van der Waals surface area contributed by atoms with Crippen LogP contribution in [-0.2, 0) is 17.6 Å². The normalized spacial score (nSPS) is 14.8. The average molecular weight is 334 g/mol. The molecule has 102 valence electrons. The van der Waals surface area contributed by atoms with Crippen molar-refractivity contribution in [1.82, 2.24) is 0 Å². The molecule has 0 bridgehead atoms. The predicted octanol–water partition coefficient (Wildman–Crippen LogP) is 4.00. The molecule has 3 rings (SSSR count). The molecular formula is C16H13BrFNO. The fourth-order valence-electron chi connectivity index (χ4n) is 2.39. The highest BCUT2D eigenvalue weighted by Crippen LogP contribution is 2.32. The van der Waals surface area contributed by atoms with Gasteiger partial charge in [0.25, 0.3) is 0 Å². The van der Waals surface area contributed by atoms with Crippen LogP contribution in [-0.4, -0.2) is 5.91 Å². The Labute approximate surface area is 125 Å². The zero-order valence-corrected chi connectivity index (χ0v) is 12.3. The Morgan fingerprint density at radius 1 is 1.20 bits per heavy atom. The summed E-state index contributed by atoms with van der Waals surface area (Å²) >= 11 is 3.67. The monoisotopic (exact) mass is 333 g/mol. The van der Waals surface area contributed by atoms with Crippen molar-refractivity contribution >= 4 is 27.5 Å². The zero-order chi connectivity index (χ0) is 14.1. The summed E-state index contributed by atoms with van der Waals surface area (Å²) in [6.45, 7) is 0. The van der Waals surface area contributed by atoms with Crippen LogP contribution in [0.5, 0.6) is 0 Å². The van der Waals surface area contributed by atoms with Crippen LogP contribution < -0.4 is 5.32 Å². The van der Waals surface area contributed by atoms with Gasteiger partial charge >= 0.3 is 0 Å². The van der Waals surface area contributed by atoms with Gasteiger partial charge in [0.2, 0.25) is 5.91 Å². The van der Waals surface area contributed by atoms with Gasteiger partial charge in [0.05, 0.1) is 6.42 Å². The molecule has 1 unspecified atom stereocenters. The number of hydrogen-bond donors (Lipinski definition) is 1. The standard InChI is InChI=1S/C16H13BrFNO/c17-14(7-10-1-4-13(18)5-2-10)11-3-6-15-12(8-11)9-16(20)19-15/h1-6,8,14H,7,9H2,(H,19,20). The highest BCUT2D eigenvalue weighted by atomic mass is 79.9. The smallest absolute Gasteiger partial charge is 0.228 e. The number of carbonyl (C=O) groups is 1. The fraction of sp³-hybridized carbons (Fsp3) is 0.188. The van der Waals surface area contributed by atoms with Gasteiger partial charge in [-0.3, -0.25) is 4.79 Å². The molecule has 0 spiro atoms. The topological polar surface area (TPSA) is 29.1 Å². The van der Waals surface area contributed by atoms with Gasteiger partial charge in [-0.15, -0.1) is 0 Å². The largest absolute Gasteiger partial charge is 0.326 e. The van der Waals surface area contributed by atoms with E-state index in [9.17, 15) is 9.18 Å². The molecule has 20 heavy (non-hydrogen) atoms. The second-order valence-corrected chi connectivity index (χ2v) is 6.04. The van der Waals surface area contributed by atoms with E-state index >= 15 is 0 Å². The van der Waals surface area contributed by atoms with Gasteiger partial charge in [-0.25, -0.2) is 4.39 Å². The van der Waals surface area contributed by atoms with E-state index in [-0.39, 0.29) is 16.6 Å². The van der Waals surface area contributed by atoms with E-state index in [1.54, 1.807) is 12.1 Å². The van der Waals surface area contributed by atoms with Crippen LogP contribution >= 0.6 is 15.9 Å². The molecule has 4 heteroatoms. The molecule has 1 N–H and O–H groups in total. The molecule has 2 aromatic carbocycles. The first kappa shape index (κ1) is 13.3. The SMILES string of the molecule is O=C1Cc2cc(C(Br)Cc3ccc(F)cc3)ccc2N1. The summed E-state index contributed by atoms with van der Waals surface area (Å²) in [5.74, 6) is -0.177. The molecule has 0 saturated heterocycles. The first-order valence-electron chi connectivity index (χ1n) is 6.43. The lowest BCUT2D eigenvalue weighted by atomic mass is 10.0. The van der Waals surface area contributed by atoms with E-state index in [1.165, 1.54) is 12.1 Å². The van der Waals surface area contributed by atoms with Crippen LogP contribution in [0.4, 0.5) is 10.1 Å². The Hall–Kier alpha value is -1.68. The Kier molecular flexibility index (Phi) is 3.57. The number of hydrogen-bond acceptors (Lipinski definition) is 1. The summed E-state index contributed by atoms with van der Waals surface area (Å²) < 4.78 is 12.9. The average Bonchev–Trinajstić information content (AvgIpc) is 2.80. The molecule has 1 aliphatic heterocycles. The predicted molar refractivity (Wildman–Crippen MR) is 80.5 cm³/mol. The molecule has 0 radical (unpaired) electrons. The lowest BCUT2D eigenvalue weighted by Gasteiger charge is -2.12. The van der Waals surface area contributed by atoms with Crippen molar-refractivity contribution < 1.29 is 9.18 Å². The molecule has 2 nitrogen and oxygen atoms in total. The summed E-state index contributed by atoms with van der Waals surface area (Å²) in [6.07, 6.45) is 1.22. The minimum Gasteiger partial charge on any atom is -0.326 e. The zero-order valence-electron chi connectivity index (χ0n) is 10.7. The molecule has 1 amide bonds. The first-order valence-corrected chi connectivity index (χ1v) is 7.34. The van der Waals surface area contributed by atoms with Gasteiger partial charge in [0.1, 0.15) is 5.82 Å². The number of amides is 1. The van der Waals surface area contributed by atoms with Crippen LogP contribution in [0.25, 0.3) is 0 Å². The van der Waals surface area contributed by atoms with E-state index < -0.39 is 0 Å². The van der Waals surface area contributed by atoms with Gasteiger partial charge in [0.15, 0.2) is 0 Å². The van der Waals surface area contributed by atoms with E-state index in [0.29, 0.717) is 6.42 Å². The summed E-state index contributed by atoms with van der Waals surface area (Å²) in [5.41, 5.74) is 4.14. The van der Waals surface area contributed by atoms with Crippen LogP contribution in [0.3, 0.4) is 0 Å². The van der Waals surface area contributed by atoms with Gasteiger partial charge in [-0.2, -0.15) is 0 Å². The Morgan fingerprint density at radius 2 is 1.95 bits per heavy atom. The number of rotatable bonds is 3. The van der Waals surface area contributed by atoms with Crippen molar-refractivity contribution in [3.63, 3.8) is 0 Å². The number of alkyl halides is 1. The maximum Gasteiger partial charge on any atom is 0.228 e. The minimum atomic E-state index is -0.220.